The molecule has 0 saturated carbocycles. The first-order valence-electron chi connectivity index (χ1n) is 40.1. The van der Waals surface area contributed by atoms with E-state index < -0.39 is 95.4 Å². The van der Waals surface area contributed by atoms with Crippen LogP contribution in [0.4, 0.5) is 0 Å². The van der Waals surface area contributed by atoms with E-state index in [-0.39, 0.29) is 119 Å². The van der Waals surface area contributed by atoms with Crippen molar-refractivity contribution in [2.24, 2.45) is 47.3 Å². The molecule has 32 nitrogen and oxygen atoms in total. The molecule has 0 aliphatic heterocycles. The van der Waals surface area contributed by atoms with Gasteiger partial charge in [0.05, 0.1) is 39.6 Å². The molecular weight excluding hydrogens is 1550 g/mol. The van der Waals surface area contributed by atoms with Crippen LogP contribution in [0.1, 0.15) is 220 Å². The van der Waals surface area contributed by atoms with Crippen LogP contribution in [0.2, 0.25) is 0 Å². The van der Waals surface area contributed by atoms with Gasteiger partial charge < -0.3 is 80.4 Å². The third-order valence-electron chi connectivity index (χ3n) is 15.9. The van der Waals surface area contributed by atoms with E-state index in [0.29, 0.717) is 13.2 Å². The first-order chi connectivity index (χ1) is 55.3. The molecule has 32 heteroatoms. The Bertz CT molecular complexity index is 3220. The zero-order chi connectivity index (χ0) is 95.8. The van der Waals surface area contributed by atoms with Crippen molar-refractivity contribution in [1.82, 2.24) is 42.5 Å². The van der Waals surface area contributed by atoms with E-state index in [1.165, 1.54) is 14.2 Å². The minimum atomic E-state index is -0.635. The van der Waals surface area contributed by atoms with Gasteiger partial charge in [-0.1, -0.05) is 189 Å². The third kappa shape index (κ3) is 64.4. The number of esters is 8. The second-order valence-electron chi connectivity index (χ2n) is 30.6. The molecule has 0 aliphatic carbocycles. The van der Waals surface area contributed by atoms with Gasteiger partial charge in [0.2, 0.25) is 47.3 Å². The molecule has 0 heterocycles. The van der Waals surface area contributed by atoms with Crippen molar-refractivity contribution in [2.75, 3.05) is 27.4 Å². The van der Waals surface area contributed by atoms with Gasteiger partial charge >= 0.3 is 47.8 Å². The number of carbonyl (C=O) groups excluding carboxylic acids is 16. The number of rotatable bonds is 40. The van der Waals surface area contributed by atoms with Crippen LogP contribution in [0.25, 0.3) is 0 Å². The zero-order valence-electron chi connectivity index (χ0n) is 77.7. The fraction of sp³-hybridized carbons (Fsp3) is 0.636. The van der Waals surface area contributed by atoms with Crippen molar-refractivity contribution in [2.45, 2.75) is 291 Å². The lowest BCUT2D eigenvalue weighted by atomic mass is 9.99. The van der Waals surface area contributed by atoms with Gasteiger partial charge in [0, 0.05) is 0 Å². The average Bonchev–Trinajstić information content (AvgIpc) is 0.882. The van der Waals surface area contributed by atoms with Crippen molar-refractivity contribution in [3.8, 4) is 0 Å². The lowest BCUT2D eigenvalue weighted by molar-refractivity contribution is -0.160. The van der Waals surface area contributed by atoms with Gasteiger partial charge in [-0.25, -0.2) is 38.4 Å². The van der Waals surface area contributed by atoms with Crippen LogP contribution in [0.5, 0.6) is 0 Å². The van der Waals surface area contributed by atoms with Gasteiger partial charge in [-0.15, -0.1) is 0 Å². The molecule has 0 rings (SSSR count). The first-order valence-corrected chi connectivity index (χ1v) is 40.1. The Hall–Kier alpha value is -10.6. The molecule has 688 valence electrons. The number of hydrogen-bond acceptors (Lipinski definition) is 24. The average molecular weight is 1710 g/mol. The molecule has 12 unspecified atom stereocenters. The normalized spacial score (nSPS) is 13.3. The molecule has 0 aromatic heterocycles. The van der Waals surface area contributed by atoms with E-state index in [9.17, 15) is 76.7 Å². The highest BCUT2D eigenvalue weighted by Crippen LogP contribution is 2.18. The summed E-state index contributed by atoms with van der Waals surface area (Å²) in [5.41, 5.74) is -1.11. The van der Waals surface area contributed by atoms with Gasteiger partial charge in [0.25, 0.3) is 0 Å². The lowest BCUT2D eigenvalue weighted by Gasteiger charge is -2.27. The van der Waals surface area contributed by atoms with Crippen molar-refractivity contribution >= 4 is 95.0 Å². The standard InChI is InChI=1S/C13H23NO3.2C12H21NO3.2C11H19NO3.2C10H17NO3.C9H15NO3/c1-7-9(3)11(14-10(15)8-2)12(16)17-13(4,5)6;1-7-9(14)13-10(8(2)3)11(15)16-12(4,5)6;1-6-9(5)11(13-10(14)7-2)12(15)16-8(3)4;1-6-9(13)12-10(7(2)3)11(14)15-8(4)5;1-5-8(4)10(11(14)15-7-3)12-9(13)6-2;1-5-7(3)9(10(13)14-4)11-8(12)6-2;1-5-8(12)11-9(7(3)4)10(13)14-6-2;1-5-7(11)10-8(6(2)3)9(12)13-4/h8-9,11H,2,7H2,1,3-6H3,(H,14,15);7-8,10H,1H2,2-6H3,(H,13,14);7-9,11H,2,6H2,1,3-5H3,(H,13,14);6-8,10H,1H2,2-5H3,(H,12,13);6,8,10H,2,5,7H2,1,3-4H3,(H,12,13);6-7,9H,2,5H2,1,3-4H3,(H,11,12);5,7,9H,1,6H2,2-4H3,(H,11,12);5-6,8H,1H2,2-4H3,(H,10,11). The highest BCUT2D eigenvalue weighted by molar-refractivity contribution is 5.95. The van der Waals surface area contributed by atoms with Crippen molar-refractivity contribution in [1.29, 1.82) is 0 Å². The predicted molar refractivity (Wildman–Crippen MR) is 466 cm³/mol. The molecule has 0 aromatic rings. The maximum atomic E-state index is 11.9. The third-order valence-corrected chi connectivity index (χ3v) is 15.9. The Balaban J connectivity index is -0.000000199. The maximum Gasteiger partial charge on any atom is 0.329 e. The van der Waals surface area contributed by atoms with E-state index in [4.69, 9.17) is 28.4 Å². The number of methoxy groups -OCH3 is 2. The number of nitrogens with one attached hydrogen (secondary N) is 8. The minimum Gasteiger partial charge on any atom is -0.467 e. The van der Waals surface area contributed by atoms with Crippen LogP contribution in [-0.2, 0) is 115 Å². The molecule has 0 saturated heterocycles. The first kappa shape index (κ1) is 125. The summed E-state index contributed by atoms with van der Waals surface area (Å²) in [5.74, 6) is -6.06. The molecular formula is C88H152N8O24. The molecule has 8 amide bonds. The molecule has 0 aliphatic rings. The zero-order valence-corrected chi connectivity index (χ0v) is 77.7. The smallest absolute Gasteiger partial charge is 0.329 e. The van der Waals surface area contributed by atoms with Crippen LogP contribution in [0, 0.1) is 47.3 Å². The monoisotopic (exact) mass is 1710 g/mol. The number of carbonyl (C=O) groups is 16. The van der Waals surface area contributed by atoms with Crippen LogP contribution < -0.4 is 42.5 Å². The van der Waals surface area contributed by atoms with Gasteiger partial charge in [0.15, 0.2) is 0 Å². The van der Waals surface area contributed by atoms with Crippen LogP contribution in [0.3, 0.4) is 0 Å². The van der Waals surface area contributed by atoms with Gasteiger partial charge in [-0.05, 0) is 179 Å². The summed E-state index contributed by atoms with van der Waals surface area (Å²) in [6, 6.07) is -4.84. The maximum absolute atomic E-state index is 11.9. The molecule has 120 heavy (non-hydrogen) atoms. The quantitative estimate of drug-likeness (QED) is 0.0160. The van der Waals surface area contributed by atoms with E-state index in [1.807, 2.05) is 111 Å². The fourth-order valence-electron chi connectivity index (χ4n) is 8.43. The molecule has 8 N–H and O–H groups in total. The topological polar surface area (TPSA) is 443 Å². The Labute approximate surface area is 716 Å². The molecule has 0 spiro atoms. The fourth-order valence-corrected chi connectivity index (χ4v) is 8.43. The molecule has 0 bridgehead atoms. The Morgan fingerprint density at radius 3 is 0.608 bits per heavy atom. The largest absolute Gasteiger partial charge is 0.467 e. The van der Waals surface area contributed by atoms with Crippen molar-refractivity contribution < 1.29 is 115 Å². The predicted octanol–water partition coefficient (Wildman–Crippen LogP) is 10.1. The highest BCUT2D eigenvalue weighted by Gasteiger charge is 2.34. The Morgan fingerprint density at radius 2 is 0.417 bits per heavy atom. The summed E-state index contributed by atoms with van der Waals surface area (Å²) in [5, 5.41) is 20.4. The summed E-state index contributed by atoms with van der Waals surface area (Å²) < 4.78 is 39.5. The van der Waals surface area contributed by atoms with E-state index in [1.54, 1.807) is 83.1 Å². The van der Waals surface area contributed by atoms with E-state index in [2.05, 4.69) is 105 Å². The summed E-state index contributed by atoms with van der Waals surface area (Å²) >= 11 is 0. The second kappa shape index (κ2) is 70.3. The number of ether oxygens (including phenoxy) is 8. The molecule has 0 radical (unpaired) electrons. The Morgan fingerprint density at radius 1 is 0.258 bits per heavy atom. The summed E-state index contributed by atoms with van der Waals surface area (Å²) in [4.78, 5) is 181. The Kier molecular flexibility index (Phi) is 73.3. The van der Waals surface area contributed by atoms with Crippen LogP contribution in [0.15, 0.2) is 101 Å². The molecule has 0 fully saturated rings. The highest BCUT2D eigenvalue weighted by atomic mass is 16.6. The van der Waals surface area contributed by atoms with Gasteiger partial charge in [-0.3, -0.25) is 38.4 Å². The SMILES string of the molecule is C=CC(=O)NC(C(=O)OC(C)(C)C)C(C)C.C=CC(=O)NC(C(=O)OC(C)(C)C)C(C)CC.C=CC(=O)NC(C(=O)OC(C)C)C(C)C.C=CC(=O)NC(C(=O)OC(C)C)C(C)CC.C=CC(=O)NC(C(=O)OC)C(C)C.C=CC(=O)NC(C(=O)OC)C(C)CC.C=CC(=O)NC(C(=O)OCC)C(C)C.C=CC(=O)NC(C(=O)OCC)C(C)CC. The number of amides is 8. The van der Waals surface area contributed by atoms with Crippen LogP contribution in [-0.4, -0.2) is 194 Å². The summed E-state index contributed by atoms with van der Waals surface area (Å²) in [6.45, 7) is 78.7. The summed E-state index contributed by atoms with van der Waals surface area (Å²) in [6.07, 6.45) is 11.9. The number of hydrogen-bond donors (Lipinski definition) is 8. The van der Waals surface area contributed by atoms with Crippen LogP contribution >= 0.6 is 0 Å². The van der Waals surface area contributed by atoms with Gasteiger partial charge in [-0.2, -0.15) is 0 Å². The molecule has 12 atom stereocenters. The second-order valence-corrected chi connectivity index (χ2v) is 30.6. The summed E-state index contributed by atoms with van der Waals surface area (Å²) in [7, 11) is 2.59. The van der Waals surface area contributed by atoms with E-state index >= 15 is 0 Å². The lowest BCUT2D eigenvalue weighted by Crippen LogP contribution is -2.47. The van der Waals surface area contributed by atoms with Crippen molar-refractivity contribution in [3.63, 3.8) is 0 Å². The minimum absolute atomic E-state index is 0.00190. The van der Waals surface area contributed by atoms with E-state index in [0.717, 1.165) is 74.3 Å². The van der Waals surface area contributed by atoms with Crippen molar-refractivity contribution in [3.05, 3.63) is 101 Å². The molecule has 0 aromatic carbocycles. The van der Waals surface area contributed by atoms with Gasteiger partial charge in [0.1, 0.15) is 59.5 Å².